The van der Waals surface area contributed by atoms with E-state index < -0.39 is 0 Å². The lowest BCUT2D eigenvalue weighted by atomic mass is 10.1. The Morgan fingerprint density at radius 3 is 2.00 bits per heavy atom. The van der Waals surface area contributed by atoms with Crippen molar-refractivity contribution in [2.75, 3.05) is 26.2 Å². The van der Waals surface area contributed by atoms with Gasteiger partial charge in [0.05, 0.1) is 12.0 Å². The summed E-state index contributed by atoms with van der Waals surface area (Å²) in [6.45, 7) is 11.6. The minimum atomic E-state index is 0.249. The van der Waals surface area contributed by atoms with Crippen molar-refractivity contribution >= 4 is 0 Å². The molecule has 3 fully saturated rings. The van der Waals surface area contributed by atoms with Crippen LogP contribution in [-0.4, -0.2) is 36.2 Å². The van der Waals surface area contributed by atoms with E-state index in [4.69, 9.17) is 5.26 Å². The highest BCUT2D eigenvalue weighted by Crippen LogP contribution is 2.53. The minimum absolute atomic E-state index is 0.249. The second kappa shape index (κ2) is 6.54. The Bertz CT molecular complexity index is 281. The topological polar surface area (TPSA) is 47.3 Å². The molecule has 104 valence electrons. The lowest BCUT2D eigenvalue weighted by Gasteiger charge is -2.23. The Morgan fingerprint density at radius 1 is 1.17 bits per heavy atom. The molecule has 1 saturated heterocycles. The lowest BCUT2D eigenvalue weighted by molar-refractivity contribution is 0.154. The van der Waals surface area contributed by atoms with Crippen LogP contribution in [0.5, 0.6) is 0 Å². The van der Waals surface area contributed by atoms with Crippen LogP contribution in [0.25, 0.3) is 0 Å². The van der Waals surface area contributed by atoms with Crippen LogP contribution in [0.15, 0.2) is 0 Å². The molecule has 0 aromatic heterocycles. The average Bonchev–Trinajstić information content (AvgIpc) is 3.32. The smallest absolute Gasteiger partial charge is 0.0662 e. The van der Waals surface area contributed by atoms with Crippen LogP contribution >= 0.6 is 0 Å². The number of hydrogen-bond acceptors (Lipinski definition) is 3. The zero-order valence-electron chi connectivity index (χ0n) is 12.3. The van der Waals surface area contributed by atoms with Crippen molar-refractivity contribution in [1.29, 1.82) is 5.26 Å². The van der Waals surface area contributed by atoms with Gasteiger partial charge in [0.25, 0.3) is 0 Å². The summed E-state index contributed by atoms with van der Waals surface area (Å²) in [4.78, 5) is 2.45. The van der Waals surface area contributed by atoms with Gasteiger partial charge in [-0.2, -0.15) is 5.26 Å². The van der Waals surface area contributed by atoms with Crippen molar-refractivity contribution in [1.82, 2.24) is 4.90 Å². The predicted molar refractivity (Wildman–Crippen MR) is 74.0 cm³/mol. The first-order valence-corrected chi connectivity index (χ1v) is 7.51. The molecule has 3 aliphatic rings. The van der Waals surface area contributed by atoms with E-state index in [1.165, 1.54) is 12.8 Å². The van der Waals surface area contributed by atoms with Gasteiger partial charge in [0, 0.05) is 31.7 Å². The van der Waals surface area contributed by atoms with Crippen molar-refractivity contribution < 1.29 is 5.11 Å². The number of fused-ring (bicyclic) bond motifs is 1. The van der Waals surface area contributed by atoms with Gasteiger partial charge in [-0.25, -0.2) is 0 Å². The second-order valence-corrected chi connectivity index (χ2v) is 5.33. The molecule has 3 rings (SSSR count). The number of rotatable bonds is 3. The van der Waals surface area contributed by atoms with E-state index in [1.54, 1.807) is 0 Å². The highest BCUT2D eigenvalue weighted by molar-refractivity contribution is 5.15. The largest absolute Gasteiger partial charge is 0.396 e. The molecule has 0 radical (unpaired) electrons. The Hall–Kier alpha value is -0.590. The number of likely N-dealkylation sites (tertiary alicyclic amines) is 1. The molecular formula is C15H28N2O. The molecule has 1 aliphatic heterocycles. The highest BCUT2D eigenvalue weighted by Gasteiger charge is 2.57. The van der Waals surface area contributed by atoms with Gasteiger partial charge in [0.2, 0.25) is 0 Å². The van der Waals surface area contributed by atoms with Crippen LogP contribution in [-0.2, 0) is 0 Å². The molecular weight excluding hydrogens is 224 g/mol. The molecule has 3 heteroatoms. The normalized spacial score (nSPS) is 34.1. The number of aliphatic hydroxyl groups is 1. The molecule has 3 nitrogen and oxygen atoms in total. The summed E-state index contributed by atoms with van der Waals surface area (Å²) in [6, 6.07) is 2.38. The van der Waals surface area contributed by atoms with Crippen LogP contribution in [0, 0.1) is 34.5 Å². The maximum absolute atomic E-state index is 9.21. The molecule has 2 aliphatic carbocycles. The van der Waals surface area contributed by atoms with Crippen molar-refractivity contribution in [3.05, 3.63) is 0 Å². The van der Waals surface area contributed by atoms with Gasteiger partial charge >= 0.3 is 0 Å². The van der Waals surface area contributed by atoms with Crippen molar-refractivity contribution in [3.63, 3.8) is 0 Å². The third kappa shape index (κ3) is 3.05. The summed E-state index contributed by atoms with van der Waals surface area (Å²) in [5.74, 6) is 1.68. The first-order valence-electron chi connectivity index (χ1n) is 7.51. The van der Waals surface area contributed by atoms with Crippen LogP contribution in [0.3, 0.4) is 0 Å². The summed E-state index contributed by atoms with van der Waals surface area (Å²) in [5, 5.41) is 18.0. The van der Waals surface area contributed by atoms with E-state index in [9.17, 15) is 5.11 Å². The van der Waals surface area contributed by atoms with Crippen molar-refractivity contribution in [2.45, 2.75) is 40.5 Å². The lowest BCUT2D eigenvalue weighted by Crippen LogP contribution is -2.32. The van der Waals surface area contributed by atoms with Gasteiger partial charge in [-0.05, 0) is 24.7 Å². The van der Waals surface area contributed by atoms with E-state index in [1.807, 2.05) is 27.7 Å². The molecule has 0 aromatic carbocycles. The molecule has 0 amide bonds. The Morgan fingerprint density at radius 2 is 1.67 bits per heavy atom. The van der Waals surface area contributed by atoms with Gasteiger partial charge in [0.1, 0.15) is 0 Å². The maximum Gasteiger partial charge on any atom is 0.0662 e. The predicted octanol–water partition coefficient (Wildman–Crippen LogP) is 2.51. The van der Waals surface area contributed by atoms with Crippen LogP contribution < -0.4 is 0 Å². The summed E-state index contributed by atoms with van der Waals surface area (Å²) in [6.07, 6.45) is 2.38. The number of hydrogen-bond donors (Lipinski definition) is 1. The minimum Gasteiger partial charge on any atom is -0.396 e. The fourth-order valence-electron chi connectivity index (χ4n) is 2.95. The van der Waals surface area contributed by atoms with Gasteiger partial charge in [-0.3, -0.25) is 0 Å². The summed E-state index contributed by atoms with van der Waals surface area (Å²) >= 11 is 0. The zero-order valence-corrected chi connectivity index (χ0v) is 12.3. The van der Waals surface area contributed by atoms with E-state index in [-0.39, 0.29) is 5.41 Å². The van der Waals surface area contributed by atoms with Crippen LogP contribution in [0.4, 0.5) is 0 Å². The summed E-state index contributed by atoms with van der Waals surface area (Å²) in [5.41, 5.74) is 0.249. The second-order valence-electron chi connectivity index (χ2n) is 5.33. The number of aliphatic hydroxyl groups excluding tert-OH is 1. The summed E-state index contributed by atoms with van der Waals surface area (Å²) in [7, 11) is 0. The fraction of sp³-hybridized carbons (Fsp3) is 0.933. The molecule has 0 bridgehead atoms. The fourth-order valence-corrected chi connectivity index (χ4v) is 2.95. The molecule has 1 unspecified atom stereocenters. The molecule has 0 aromatic rings. The van der Waals surface area contributed by atoms with Gasteiger partial charge in [-0.1, -0.05) is 27.7 Å². The van der Waals surface area contributed by atoms with E-state index in [2.05, 4.69) is 11.0 Å². The SMILES string of the molecule is CC.CC.N#CC1[C@H]2CN(CC3(CO)CC3)C[C@@H]12. The standard InChI is InChI=1S/C11H16N2O.2C2H6/c12-3-8-9-4-13(5-10(8)9)6-11(7-14)1-2-11;2*1-2/h8-10,14H,1-2,4-7H2;2*1-2H3/t8?,9-,10+;;. The third-order valence-corrected chi connectivity index (χ3v) is 4.27. The first kappa shape index (κ1) is 15.5. The average molecular weight is 252 g/mol. The molecule has 1 heterocycles. The monoisotopic (exact) mass is 252 g/mol. The molecule has 2 saturated carbocycles. The zero-order chi connectivity index (χ0) is 13.8. The van der Waals surface area contributed by atoms with E-state index in [0.29, 0.717) is 24.4 Å². The maximum atomic E-state index is 9.21. The van der Waals surface area contributed by atoms with Crippen molar-refractivity contribution in [3.8, 4) is 6.07 Å². The molecule has 3 atom stereocenters. The molecule has 1 N–H and O–H groups in total. The van der Waals surface area contributed by atoms with Crippen molar-refractivity contribution in [2.24, 2.45) is 23.2 Å². The number of nitriles is 1. The number of piperidine rings is 1. The third-order valence-electron chi connectivity index (χ3n) is 4.27. The Balaban J connectivity index is 0.000000371. The Labute approximate surface area is 112 Å². The van der Waals surface area contributed by atoms with E-state index >= 15 is 0 Å². The molecule has 18 heavy (non-hydrogen) atoms. The van der Waals surface area contributed by atoms with Crippen LogP contribution in [0.2, 0.25) is 0 Å². The summed E-state index contributed by atoms with van der Waals surface area (Å²) < 4.78 is 0. The van der Waals surface area contributed by atoms with Gasteiger partial charge in [0.15, 0.2) is 0 Å². The van der Waals surface area contributed by atoms with Gasteiger partial charge < -0.3 is 10.0 Å². The van der Waals surface area contributed by atoms with Gasteiger partial charge in [-0.15, -0.1) is 0 Å². The number of nitrogens with zero attached hydrogens (tertiary/aromatic N) is 2. The van der Waals surface area contributed by atoms with E-state index in [0.717, 1.165) is 19.6 Å². The Kier molecular flexibility index (Phi) is 5.62. The highest BCUT2D eigenvalue weighted by atomic mass is 16.3. The first-order chi connectivity index (χ1) is 8.78. The van der Waals surface area contributed by atoms with Crippen LogP contribution in [0.1, 0.15) is 40.5 Å². The quantitative estimate of drug-likeness (QED) is 0.839. The molecule has 0 spiro atoms.